The van der Waals surface area contributed by atoms with Crippen LogP contribution in [0.3, 0.4) is 0 Å². The van der Waals surface area contributed by atoms with Crippen molar-refractivity contribution in [3.63, 3.8) is 0 Å². The molecule has 2 aromatic rings. The van der Waals surface area contributed by atoms with E-state index in [2.05, 4.69) is 62.5 Å². The van der Waals surface area contributed by atoms with Crippen molar-refractivity contribution in [1.82, 2.24) is 0 Å². The Bertz CT molecular complexity index is 1280. The van der Waals surface area contributed by atoms with Gasteiger partial charge in [-0.2, -0.15) is 0 Å². The third-order valence-electron chi connectivity index (χ3n) is 8.02. The number of hydrogen-bond acceptors (Lipinski definition) is 4. The minimum atomic E-state index is -0.579. The highest BCUT2D eigenvalue weighted by Gasteiger charge is 2.51. The van der Waals surface area contributed by atoms with Gasteiger partial charge >= 0.3 is 14.2 Å². The fourth-order valence-electron chi connectivity index (χ4n) is 4.30. The van der Waals surface area contributed by atoms with Crippen LogP contribution in [0.1, 0.15) is 92.9 Å². The van der Waals surface area contributed by atoms with E-state index < -0.39 is 36.6 Å². The van der Waals surface area contributed by atoms with Crippen LogP contribution in [0, 0.1) is 23.5 Å². The molecule has 188 valence electrons. The van der Waals surface area contributed by atoms with Crippen molar-refractivity contribution in [2.75, 3.05) is 0 Å². The molecule has 0 saturated carbocycles. The van der Waals surface area contributed by atoms with Crippen molar-refractivity contribution in [2.45, 2.75) is 104 Å². The molecule has 0 spiro atoms. The maximum Gasteiger partial charge on any atom is 0.551 e. The molecule has 2 saturated heterocycles. The summed E-state index contributed by atoms with van der Waals surface area (Å²) in [4.78, 5) is 0. The predicted octanol–water partition coefficient (Wildman–Crippen LogP) is 6.10. The van der Waals surface area contributed by atoms with Gasteiger partial charge in [0.2, 0.25) is 0 Å². The van der Waals surface area contributed by atoms with Crippen molar-refractivity contribution in [3.05, 3.63) is 47.0 Å². The molecule has 2 aromatic carbocycles. The van der Waals surface area contributed by atoms with Crippen LogP contribution < -0.4 is 0 Å². The third-order valence-corrected chi connectivity index (χ3v) is 8.02. The quantitative estimate of drug-likeness (QED) is 0.335. The first kappa shape index (κ1) is 26.8. The van der Waals surface area contributed by atoms with E-state index in [0.717, 1.165) is 21.9 Å². The molecule has 36 heavy (non-hydrogen) atoms. The highest BCUT2D eigenvalue weighted by atomic mass is 16.7. The van der Waals surface area contributed by atoms with E-state index in [1.807, 2.05) is 67.5 Å². The van der Waals surface area contributed by atoms with Gasteiger partial charge in [-0.15, -0.1) is 0 Å². The highest BCUT2D eigenvalue weighted by Crippen LogP contribution is 2.38. The molecule has 0 unspecified atom stereocenters. The van der Waals surface area contributed by atoms with Gasteiger partial charge in [0.1, 0.15) is 0 Å². The Balaban J connectivity index is 1.76. The van der Waals surface area contributed by atoms with Crippen LogP contribution in [-0.4, -0.2) is 36.6 Å². The molecular formula is C30H38B2O4. The second kappa shape index (κ2) is 8.68. The number of benzene rings is 2. The topological polar surface area (TPSA) is 36.9 Å². The standard InChI is InChI=1S/C30H38B2O4/c1-26(2,3)25-16-15-22-21(17-19-31-33-27(4,5)28(6,7)34-31)13-12-14-23(22)24(25)18-20-32-35-29(8,9)30(10,11)36-32/h12-16H,1-11H3. The van der Waals surface area contributed by atoms with Gasteiger partial charge < -0.3 is 18.6 Å². The average Bonchev–Trinajstić information content (AvgIpc) is 3.07. The zero-order valence-corrected chi connectivity index (χ0v) is 23.7. The number of fused-ring (bicyclic) bond motifs is 1. The van der Waals surface area contributed by atoms with Gasteiger partial charge in [-0.3, -0.25) is 0 Å². The zero-order valence-electron chi connectivity index (χ0n) is 23.7. The van der Waals surface area contributed by atoms with Gasteiger partial charge in [0.05, 0.1) is 22.4 Å². The van der Waals surface area contributed by atoms with Gasteiger partial charge in [-0.25, -0.2) is 0 Å². The molecule has 2 heterocycles. The second-order valence-corrected chi connectivity index (χ2v) is 12.9. The van der Waals surface area contributed by atoms with Crippen LogP contribution in [0.2, 0.25) is 0 Å². The first-order chi connectivity index (χ1) is 16.4. The summed E-state index contributed by atoms with van der Waals surface area (Å²) < 4.78 is 24.4. The predicted molar refractivity (Wildman–Crippen MR) is 149 cm³/mol. The summed E-state index contributed by atoms with van der Waals surface area (Å²) in [6.45, 7) is 22.9. The first-order valence-electron chi connectivity index (χ1n) is 12.7. The van der Waals surface area contributed by atoms with Gasteiger partial charge in [0.25, 0.3) is 0 Å². The summed E-state index contributed by atoms with van der Waals surface area (Å²) in [5.74, 6) is 13.2. The van der Waals surface area contributed by atoms with Crippen LogP contribution >= 0.6 is 0 Å². The van der Waals surface area contributed by atoms with Gasteiger partial charge in [-0.1, -0.05) is 68.5 Å². The van der Waals surface area contributed by atoms with Crippen LogP contribution in [0.15, 0.2) is 30.3 Å². The fourth-order valence-corrected chi connectivity index (χ4v) is 4.30. The first-order valence-corrected chi connectivity index (χ1v) is 12.7. The lowest BCUT2D eigenvalue weighted by Crippen LogP contribution is -2.41. The summed E-state index contributed by atoms with van der Waals surface area (Å²) in [5, 5.41) is 2.11. The SMILES string of the molecule is CC(C)(C)c1ccc2c(C#CB3OC(C)(C)C(C)(C)O3)cccc2c1C#CB1OC(C)(C)C(C)(C)O1. The summed E-state index contributed by atoms with van der Waals surface area (Å²) in [6.07, 6.45) is 0. The minimum absolute atomic E-state index is 0.0848. The van der Waals surface area contributed by atoms with E-state index in [-0.39, 0.29) is 5.41 Å². The summed E-state index contributed by atoms with van der Waals surface area (Å²) >= 11 is 0. The normalized spacial score (nSPS) is 21.6. The molecule has 0 atom stereocenters. The van der Waals surface area contributed by atoms with Gasteiger partial charge in [0, 0.05) is 11.1 Å². The Kier molecular flexibility index (Phi) is 6.47. The molecular weight excluding hydrogens is 446 g/mol. The fraction of sp³-hybridized carbons (Fsp3) is 0.533. The van der Waals surface area contributed by atoms with E-state index in [1.165, 1.54) is 5.56 Å². The van der Waals surface area contributed by atoms with Crippen LogP contribution in [0.4, 0.5) is 0 Å². The Morgan fingerprint density at radius 2 is 1.08 bits per heavy atom. The van der Waals surface area contributed by atoms with E-state index >= 15 is 0 Å². The molecule has 2 aliphatic rings. The maximum absolute atomic E-state index is 6.13. The van der Waals surface area contributed by atoms with E-state index in [9.17, 15) is 0 Å². The van der Waals surface area contributed by atoms with Crippen molar-refractivity contribution in [1.29, 1.82) is 0 Å². The molecule has 0 radical (unpaired) electrons. The lowest BCUT2D eigenvalue weighted by molar-refractivity contribution is 0.00578. The lowest BCUT2D eigenvalue weighted by atomic mass is 9.80. The Morgan fingerprint density at radius 1 is 0.611 bits per heavy atom. The smallest absolute Gasteiger partial charge is 0.392 e. The number of hydrogen-bond donors (Lipinski definition) is 0. The molecule has 6 heteroatoms. The third kappa shape index (κ3) is 4.85. The van der Waals surface area contributed by atoms with Gasteiger partial charge in [-0.05, 0) is 83.2 Å². The van der Waals surface area contributed by atoms with Crippen molar-refractivity contribution in [2.24, 2.45) is 0 Å². The second-order valence-electron chi connectivity index (χ2n) is 12.9. The lowest BCUT2D eigenvalue weighted by Gasteiger charge is -2.32. The van der Waals surface area contributed by atoms with Crippen molar-refractivity contribution >= 4 is 25.0 Å². The van der Waals surface area contributed by atoms with Crippen molar-refractivity contribution in [3.8, 4) is 23.5 Å². The Labute approximate surface area is 218 Å². The highest BCUT2D eigenvalue weighted by molar-refractivity contribution is 6.56. The Hall–Kier alpha value is -2.21. The van der Waals surface area contributed by atoms with E-state index in [1.54, 1.807) is 0 Å². The summed E-state index contributed by atoms with van der Waals surface area (Å²) in [6, 6.07) is 10.5. The molecule has 0 N–H and O–H groups in total. The van der Waals surface area contributed by atoms with Crippen LogP contribution in [0.25, 0.3) is 10.8 Å². The Morgan fingerprint density at radius 3 is 1.56 bits per heavy atom. The largest absolute Gasteiger partial charge is 0.551 e. The molecule has 2 fully saturated rings. The van der Waals surface area contributed by atoms with E-state index in [0.29, 0.717) is 0 Å². The van der Waals surface area contributed by atoms with Gasteiger partial charge in [0.15, 0.2) is 0 Å². The number of rotatable bonds is 0. The molecule has 0 aromatic heterocycles. The summed E-state index contributed by atoms with van der Waals surface area (Å²) in [7, 11) is -1.15. The molecule has 0 bridgehead atoms. The zero-order chi connectivity index (χ0) is 26.7. The van der Waals surface area contributed by atoms with E-state index in [4.69, 9.17) is 18.6 Å². The average molecular weight is 484 g/mol. The summed E-state index contributed by atoms with van der Waals surface area (Å²) in [5.41, 5.74) is 1.32. The van der Waals surface area contributed by atoms with Crippen molar-refractivity contribution < 1.29 is 18.6 Å². The molecule has 4 nitrogen and oxygen atoms in total. The minimum Gasteiger partial charge on any atom is -0.392 e. The molecule has 0 amide bonds. The monoisotopic (exact) mass is 484 g/mol. The van der Waals surface area contributed by atoms with Crippen LogP contribution in [0.5, 0.6) is 0 Å². The maximum atomic E-state index is 6.13. The molecule has 0 aliphatic carbocycles. The van der Waals surface area contributed by atoms with Crippen LogP contribution in [-0.2, 0) is 24.0 Å². The molecule has 2 aliphatic heterocycles. The molecule has 4 rings (SSSR count).